The van der Waals surface area contributed by atoms with E-state index in [1.807, 2.05) is 31.2 Å². The molecule has 1 aliphatic carbocycles. The van der Waals surface area contributed by atoms with E-state index in [1.165, 1.54) is 0 Å². The molecule has 0 radical (unpaired) electrons. The summed E-state index contributed by atoms with van der Waals surface area (Å²) < 4.78 is 5.64. The molecule has 1 saturated carbocycles. The minimum absolute atomic E-state index is 0.0234. The molecule has 114 valence electrons. The van der Waals surface area contributed by atoms with Crippen LogP contribution in [0.2, 0.25) is 0 Å². The maximum Gasteiger partial charge on any atom is 0.315 e. The molecule has 2 unspecified atom stereocenters. The van der Waals surface area contributed by atoms with Crippen molar-refractivity contribution in [2.45, 2.75) is 43.7 Å². The zero-order chi connectivity index (χ0) is 14.9. The number of para-hydroxylation sites is 1. The van der Waals surface area contributed by atoms with Gasteiger partial charge in [-0.05, 0) is 32.3 Å². The van der Waals surface area contributed by atoms with E-state index in [0.717, 1.165) is 30.6 Å². The van der Waals surface area contributed by atoms with E-state index in [0.29, 0.717) is 13.2 Å². The second kappa shape index (κ2) is 5.56. The molecule has 0 saturated heterocycles. The average Bonchev–Trinajstić information content (AvgIpc) is 2.87. The van der Waals surface area contributed by atoms with Gasteiger partial charge in [-0.2, -0.15) is 0 Å². The van der Waals surface area contributed by atoms with E-state index in [-0.39, 0.29) is 18.0 Å². The van der Waals surface area contributed by atoms with Crippen LogP contribution < -0.4 is 15.4 Å². The Morgan fingerprint density at radius 1 is 1.48 bits per heavy atom. The zero-order valence-corrected chi connectivity index (χ0v) is 12.3. The highest BCUT2D eigenvalue weighted by molar-refractivity contribution is 5.74. The molecule has 3 rings (SSSR count). The van der Waals surface area contributed by atoms with Crippen molar-refractivity contribution in [3.05, 3.63) is 29.8 Å². The van der Waals surface area contributed by atoms with E-state index in [2.05, 4.69) is 10.6 Å². The van der Waals surface area contributed by atoms with E-state index in [9.17, 15) is 9.90 Å². The highest BCUT2D eigenvalue weighted by Gasteiger charge is 2.35. The molecule has 5 heteroatoms. The van der Waals surface area contributed by atoms with E-state index < -0.39 is 5.60 Å². The lowest BCUT2D eigenvalue weighted by Gasteiger charge is -2.36. The Hall–Kier alpha value is -1.75. The Bertz CT molecular complexity index is 528. The lowest BCUT2D eigenvalue weighted by Crippen LogP contribution is -2.52. The molecule has 0 bridgehead atoms. The number of hydrogen-bond acceptors (Lipinski definition) is 3. The summed E-state index contributed by atoms with van der Waals surface area (Å²) in [4.78, 5) is 11.9. The number of hydrogen-bond donors (Lipinski definition) is 3. The molecule has 3 N–H and O–H groups in total. The molecule has 1 aromatic rings. The van der Waals surface area contributed by atoms with Gasteiger partial charge < -0.3 is 20.5 Å². The lowest BCUT2D eigenvalue weighted by molar-refractivity contribution is -0.0290. The summed E-state index contributed by atoms with van der Waals surface area (Å²) in [6, 6.07) is 7.68. The number of nitrogens with one attached hydrogen (secondary N) is 2. The van der Waals surface area contributed by atoms with Crippen molar-refractivity contribution in [1.82, 2.24) is 10.6 Å². The Labute approximate surface area is 124 Å². The molecule has 2 atom stereocenters. The Kier molecular flexibility index (Phi) is 3.76. The summed E-state index contributed by atoms with van der Waals surface area (Å²) in [5.74, 6) is 1.07. The Morgan fingerprint density at radius 2 is 2.24 bits per heavy atom. The fourth-order valence-electron chi connectivity index (χ4n) is 2.97. The van der Waals surface area contributed by atoms with Crippen LogP contribution in [0.5, 0.6) is 5.75 Å². The number of aliphatic hydroxyl groups is 1. The highest BCUT2D eigenvalue weighted by Crippen LogP contribution is 2.35. The molecular weight excluding hydrogens is 268 g/mol. The second-order valence-electron chi connectivity index (χ2n) is 6.15. The zero-order valence-electron chi connectivity index (χ0n) is 12.3. The van der Waals surface area contributed by atoms with Gasteiger partial charge in [0.25, 0.3) is 0 Å². The van der Waals surface area contributed by atoms with Gasteiger partial charge >= 0.3 is 6.03 Å². The first-order chi connectivity index (χ1) is 10.1. The van der Waals surface area contributed by atoms with Crippen LogP contribution in [0, 0.1) is 0 Å². The first-order valence-electron chi connectivity index (χ1n) is 7.56. The minimum Gasteiger partial charge on any atom is -0.493 e. The largest absolute Gasteiger partial charge is 0.493 e. The fraction of sp³-hybridized carbons (Fsp3) is 0.562. The van der Waals surface area contributed by atoms with Gasteiger partial charge in [-0.1, -0.05) is 18.2 Å². The summed E-state index contributed by atoms with van der Waals surface area (Å²) in [5, 5.41) is 15.7. The van der Waals surface area contributed by atoms with Crippen LogP contribution in [0.25, 0.3) is 0 Å². The van der Waals surface area contributed by atoms with Crippen molar-refractivity contribution in [1.29, 1.82) is 0 Å². The summed E-state index contributed by atoms with van der Waals surface area (Å²) in [6.07, 6.45) is 2.58. The molecular formula is C16H22N2O3. The molecule has 0 spiro atoms. The molecule has 21 heavy (non-hydrogen) atoms. The standard InChI is InChI=1S/C16H22N2O3/c1-11(13-9-21-14-6-3-2-5-12(13)14)18-15(19)17-10-16(20)7-4-8-16/h2-3,5-6,11,13,20H,4,7-10H2,1H3,(H2,17,18,19). The van der Waals surface area contributed by atoms with Crippen molar-refractivity contribution in [2.24, 2.45) is 0 Å². The van der Waals surface area contributed by atoms with Gasteiger partial charge in [0, 0.05) is 24.1 Å². The average molecular weight is 290 g/mol. The summed E-state index contributed by atoms with van der Waals surface area (Å²) >= 11 is 0. The van der Waals surface area contributed by atoms with Crippen LogP contribution >= 0.6 is 0 Å². The molecule has 2 amide bonds. The van der Waals surface area contributed by atoms with E-state index >= 15 is 0 Å². The van der Waals surface area contributed by atoms with E-state index in [1.54, 1.807) is 0 Å². The molecule has 1 aliphatic heterocycles. The predicted octanol–water partition coefficient (Wildman–Crippen LogP) is 1.77. The van der Waals surface area contributed by atoms with Crippen LogP contribution in [0.15, 0.2) is 24.3 Å². The van der Waals surface area contributed by atoms with Crippen molar-refractivity contribution < 1.29 is 14.6 Å². The highest BCUT2D eigenvalue weighted by atomic mass is 16.5. The summed E-state index contributed by atoms with van der Waals surface area (Å²) in [6.45, 7) is 2.89. The number of fused-ring (bicyclic) bond motifs is 1. The maximum atomic E-state index is 11.9. The number of amides is 2. The van der Waals surface area contributed by atoms with Gasteiger partial charge in [-0.15, -0.1) is 0 Å². The van der Waals surface area contributed by atoms with Crippen molar-refractivity contribution in [3.8, 4) is 5.75 Å². The number of carbonyl (C=O) groups excluding carboxylic acids is 1. The molecule has 1 heterocycles. The van der Waals surface area contributed by atoms with Crippen LogP contribution in [0.3, 0.4) is 0 Å². The van der Waals surface area contributed by atoms with Crippen LogP contribution in [0.1, 0.15) is 37.7 Å². The monoisotopic (exact) mass is 290 g/mol. The first kappa shape index (κ1) is 14.2. The third-order valence-corrected chi connectivity index (χ3v) is 4.56. The lowest BCUT2D eigenvalue weighted by atomic mass is 9.80. The topological polar surface area (TPSA) is 70.6 Å². The van der Waals surface area contributed by atoms with Crippen LogP contribution in [-0.2, 0) is 0 Å². The molecule has 2 aliphatic rings. The summed E-state index contributed by atoms with van der Waals surface area (Å²) in [5.41, 5.74) is 0.451. The normalized spacial score (nSPS) is 23.4. The molecule has 1 aromatic carbocycles. The van der Waals surface area contributed by atoms with Crippen molar-refractivity contribution >= 4 is 6.03 Å². The molecule has 5 nitrogen and oxygen atoms in total. The van der Waals surface area contributed by atoms with Crippen LogP contribution in [0.4, 0.5) is 4.79 Å². The van der Waals surface area contributed by atoms with Gasteiger partial charge in [-0.3, -0.25) is 0 Å². The van der Waals surface area contributed by atoms with Crippen molar-refractivity contribution in [2.75, 3.05) is 13.2 Å². The fourth-order valence-corrected chi connectivity index (χ4v) is 2.97. The number of carbonyl (C=O) groups is 1. The van der Waals surface area contributed by atoms with Crippen LogP contribution in [-0.4, -0.2) is 35.9 Å². The number of rotatable bonds is 4. The van der Waals surface area contributed by atoms with Gasteiger partial charge in [0.05, 0.1) is 12.2 Å². The molecule has 1 fully saturated rings. The third kappa shape index (κ3) is 2.97. The third-order valence-electron chi connectivity index (χ3n) is 4.56. The predicted molar refractivity (Wildman–Crippen MR) is 79.5 cm³/mol. The Balaban J connectivity index is 1.52. The van der Waals surface area contributed by atoms with Gasteiger partial charge in [-0.25, -0.2) is 4.79 Å². The van der Waals surface area contributed by atoms with Gasteiger partial charge in [0.1, 0.15) is 5.75 Å². The minimum atomic E-state index is -0.691. The number of ether oxygens (including phenoxy) is 1. The van der Waals surface area contributed by atoms with Crippen molar-refractivity contribution in [3.63, 3.8) is 0 Å². The summed E-state index contributed by atoms with van der Waals surface area (Å²) in [7, 11) is 0. The number of urea groups is 1. The molecule has 0 aromatic heterocycles. The second-order valence-corrected chi connectivity index (χ2v) is 6.15. The Morgan fingerprint density at radius 3 is 2.95 bits per heavy atom. The van der Waals surface area contributed by atoms with E-state index in [4.69, 9.17) is 4.74 Å². The smallest absolute Gasteiger partial charge is 0.315 e. The number of benzene rings is 1. The van der Waals surface area contributed by atoms with Gasteiger partial charge in [0.15, 0.2) is 0 Å². The quantitative estimate of drug-likeness (QED) is 0.791. The maximum absolute atomic E-state index is 11.9. The first-order valence-corrected chi connectivity index (χ1v) is 7.56. The van der Waals surface area contributed by atoms with Gasteiger partial charge in [0.2, 0.25) is 0 Å². The SMILES string of the molecule is CC(NC(=O)NCC1(O)CCC1)C1COc2ccccc21.